The standard InChI is InChI=1S/C29H27FN4OS/c1-5-20-7-9-21(10-8-20)26-25(28-32-27(33-35-28)22-11-13-23(30)14-12-22)19(4)34(29(36)31-26)24-15-6-17(2)18(3)16-24/h6-16,26H,5H2,1-4H3,(H,31,36). The van der Waals surface area contributed by atoms with Gasteiger partial charge in [0.2, 0.25) is 5.82 Å². The molecule has 0 aliphatic carbocycles. The average molecular weight is 499 g/mol. The summed E-state index contributed by atoms with van der Waals surface area (Å²) >= 11 is 5.86. The molecule has 1 aliphatic heterocycles. The Bertz CT molecular complexity index is 1460. The lowest BCUT2D eigenvalue weighted by molar-refractivity contribution is 0.404. The van der Waals surface area contributed by atoms with Gasteiger partial charge in [0.1, 0.15) is 5.82 Å². The highest BCUT2D eigenvalue weighted by Crippen LogP contribution is 2.39. The number of hydrogen-bond acceptors (Lipinski definition) is 4. The summed E-state index contributed by atoms with van der Waals surface area (Å²) in [6, 6.07) is 20.5. The van der Waals surface area contributed by atoms with Crippen molar-refractivity contribution in [3.8, 4) is 11.4 Å². The lowest BCUT2D eigenvalue weighted by Crippen LogP contribution is -2.46. The summed E-state index contributed by atoms with van der Waals surface area (Å²) in [5.74, 6) is 0.474. The third-order valence-corrected chi connectivity index (χ3v) is 7.01. The molecule has 0 fully saturated rings. The minimum Gasteiger partial charge on any atom is -0.351 e. The average Bonchev–Trinajstić information content (AvgIpc) is 3.36. The van der Waals surface area contributed by atoms with Crippen LogP contribution in [0.1, 0.15) is 48.0 Å². The minimum absolute atomic E-state index is 0.271. The molecule has 2 heterocycles. The van der Waals surface area contributed by atoms with Crippen molar-refractivity contribution in [2.24, 2.45) is 0 Å². The minimum atomic E-state index is -0.314. The van der Waals surface area contributed by atoms with Gasteiger partial charge in [0.05, 0.1) is 11.6 Å². The third-order valence-electron chi connectivity index (χ3n) is 6.71. The predicted octanol–water partition coefficient (Wildman–Crippen LogP) is 6.92. The first-order valence-corrected chi connectivity index (χ1v) is 12.3. The second-order valence-corrected chi connectivity index (χ2v) is 9.40. The van der Waals surface area contributed by atoms with E-state index in [1.54, 1.807) is 12.1 Å². The lowest BCUT2D eigenvalue weighted by Gasteiger charge is -2.37. The van der Waals surface area contributed by atoms with Gasteiger partial charge in [0.25, 0.3) is 5.89 Å². The number of rotatable bonds is 5. The highest BCUT2D eigenvalue weighted by molar-refractivity contribution is 7.80. The molecular formula is C29H27FN4OS. The van der Waals surface area contributed by atoms with Gasteiger partial charge >= 0.3 is 0 Å². The van der Waals surface area contributed by atoms with Gasteiger partial charge in [0, 0.05) is 16.9 Å². The van der Waals surface area contributed by atoms with E-state index in [1.807, 2.05) is 11.8 Å². The van der Waals surface area contributed by atoms with Crippen molar-refractivity contribution < 1.29 is 8.91 Å². The highest BCUT2D eigenvalue weighted by atomic mass is 32.1. The number of aromatic nitrogens is 2. The Labute approximate surface area is 215 Å². The first-order valence-electron chi connectivity index (χ1n) is 11.9. The van der Waals surface area contributed by atoms with Gasteiger partial charge in [-0.3, -0.25) is 4.90 Å². The van der Waals surface area contributed by atoms with Crippen LogP contribution in [-0.4, -0.2) is 15.3 Å². The maximum atomic E-state index is 13.4. The Morgan fingerprint density at radius 3 is 2.36 bits per heavy atom. The number of aryl methyl sites for hydroxylation is 3. The highest BCUT2D eigenvalue weighted by Gasteiger charge is 2.34. The molecule has 3 aromatic carbocycles. The van der Waals surface area contributed by atoms with Crippen LogP contribution in [0.5, 0.6) is 0 Å². The van der Waals surface area contributed by atoms with Crippen molar-refractivity contribution >= 4 is 28.6 Å². The molecule has 0 bridgehead atoms. The molecule has 5 rings (SSSR count). The Kier molecular flexibility index (Phi) is 6.41. The molecular weight excluding hydrogens is 471 g/mol. The number of nitrogens with zero attached hydrogens (tertiary/aromatic N) is 3. The molecule has 0 spiro atoms. The number of allylic oxidation sites excluding steroid dienone is 1. The monoisotopic (exact) mass is 498 g/mol. The van der Waals surface area contributed by atoms with Gasteiger partial charge in [-0.15, -0.1) is 0 Å². The van der Waals surface area contributed by atoms with Gasteiger partial charge in [0.15, 0.2) is 5.11 Å². The van der Waals surface area contributed by atoms with Crippen molar-refractivity contribution in [1.29, 1.82) is 0 Å². The molecule has 7 heteroatoms. The van der Waals surface area contributed by atoms with Crippen molar-refractivity contribution in [3.63, 3.8) is 0 Å². The Hall–Kier alpha value is -3.84. The summed E-state index contributed by atoms with van der Waals surface area (Å²) in [5, 5.41) is 8.31. The van der Waals surface area contributed by atoms with E-state index < -0.39 is 0 Å². The molecule has 0 amide bonds. The molecule has 1 N–H and O–H groups in total. The molecule has 1 atom stereocenters. The van der Waals surface area contributed by atoms with Crippen LogP contribution < -0.4 is 10.2 Å². The molecule has 0 saturated carbocycles. The zero-order chi connectivity index (χ0) is 25.4. The summed E-state index contributed by atoms with van der Waals surface area (Å²) in [5.41, 5.74) is 8.08. The van der Waals surface area contributed by atoms with Gasteiger partial charge in [-0.2, -0.15) is 4.98 Å². The molecule has 1 unspecified atom stereocenters. The second kappa shape index (κ2) is 9.66. The van der Waals surface area contributed by atoms with Crippen LogP contribution in [0.2, 0.25) is 0 Å². The number of thiocarbonyl (C=S) groups is 1. The van der Waals surface area contributed by atoms with Crippen LogP contribution in [0.3, 0.4) is 0 Å². The zero-order valence-corrected chi connectivity index (χ0v) is 21.5. The molecule has 0 radical (unpaired) electrons. The van der Waals surface area contributed by atoms with Crippen LogP contribution in [0.15, 0.2) is 77.0 Å². The van der Waals surface area contributed by atoms with E-state index in [9.17, 15) is 4.39 Å². The summed E-state index contributed by atoms with van der Waals surface area (Å²) in [6.07, 6.45) is 0.962. The molecule has 182 valence electrons. The first-order chi connectivity index (χ1) is 17.4. The maximum Gasteiger partial charge on any atom is 0.258 e. The fraction of sp³-hybridized carbons (Fsp3) is 0.207. The molecule has 4 aromatic rings. The first kappa shape index (κ1) is 23.9. The van der Waals surface area contributed by atoms with Crippen molar-refractivity contribution in [2.75, 3.05) is 4.90 Å². The molecule has 1 aromatic heterocycles. The van der Waals surface area contributed by atoms with E-state index in [4.69, 9.17) is 21.7 Å². The molecule has 36 heavy (non-hydrogen) atoms. The normalized spacial score (nSPS) is 15.9. The third kappa shape index (κ3) is 4.42. The van der Waals surface area contributed by atoms with Crippen molar-refractivity contribution in [3.05, 3.63) is 106 Å². The summed E-state index contributed by atoms with van der Waals surface area (Å²) in [7, 11) is 0. The Morgan fingerprint density at radius 1 is 0.972 bits per heavy atom. The van der Waals surface area contributed by atoms with E-state index in [0.29, 0.717) is 22.4 Å². The smallest absolute Gasteiger partial charge is 0.258 e. The summed E-state index contributed by atoms with van der Waals surface area (Å²) in [4.78, 5) is 6.72. The van der Waals surface area contributed by atoms with E-state index in [2.05, 4.69) is 73.7 Å². The quantitative estimate of drug-likeness (QED) is 0.301. The van der Waals surface area contributed by atoms with E-state index >= 15 is 0 Å². The van der Waals surface area contributed by atoms with Gasteiger partial charge < -0.3 is 9.84 Å². The predicted molar refractivity (Wildman–Crippen MR) is 145 cm³/mol. The van der Waals surface area contributed by atoms with E-state index in [0.717, 1.165) is 28.9 Å². The van der Waals surface area contributed by atoms with Crippen molar-refractivity contribution in [1.82, 2.24) is 15.5 Å². The van der Waals surface area contributed by atoms with Crippen LogP contribution >= 0.6 is 12.2 Å². The SMILES string of the molecule is CCc1ccc(C2NC(=S)N(c3ccc(C)c(C)c3)C(C)=C2c2nc(-c3ccc(F)cc3)no2)cc1. The van der Waals surface area contributed by atoms with Crippen molar-refractivity contribution in [2.45, 2.75) is 40.2 Å². The van der Waals surface area contributed by atoms with Gasteiger partial charge in [-0.25, -0.2) is 4.39 Å². The maximum absolute atomic E-state index is 13.4. The molecule has 1 aliphatic rings. The fourth-order valence-electron chi connectivity index (χ4n) is 4.44. The zero-order valence-electron chi connectivity index (χ0n) is 20.7. The molecule has 5 nitrogen and oxygen atoms in total. The number of hydrogen-bond donors (Lipinski definition) is 1. The fourth-order valence-corrected chi connectivity index (χ4v) is 4.80. The van der Waals surface area contributed by atoms with E-state index in [1.165, 1.54) is 28.8 Å². The number of benzene rings is 3. The molecule has 0 saturated heterocycles. The van der Waals surface area contributed by atoms with Crippen LogP contribution in [0, 0.1) is 19.7 Å². The largest absolute Gasteiger partial charge is 0.351 e. The van der Waals surface area contributed by atoms with Crippen LogP contribution in [-0.2, 0) is 6.42 Å². The van der Waals surface area contributed by atoms with Crippen LogP contribution in [0.25, 0.3) is 17.0 Å². The number of halogens is 1. The van der Waals surface area contributed by atoms with Gasteiger partial charge in [-0.05, 0) is 98.1 Å². The van der Waals surface area contributed by atoms with Crippen LogP contribution in [0.4, 0.5) is 10.1 Å². The topological polar surface area (TPSA) is 54.2 Å². The lowest BCUT2D eigenvalue weighted by atomic mass is 9.93. The van der Waals surface area contributed by atoms with Gasteiger partial charge in [-0.1, -0.05) is 42.4 Å². The Balaban J connectivity index is 1.65. The Morgan fingerprint density at radius 2 is 1.69 bits per heavy atom. The number of nitrogens with one attached hydrogen (secondary N) is 1. The van der Waals surface area contributed by atoms with E-state index in [-0.39, 0.29) is 11.9 Å². The summed E-state index contributed by atoms with van der Waals surface area (Å²) in [6.45, 7) is 8.33. The second-order valence-electron chi connectivity index (χ2n) is 9.01. The number of anilines is 1. The summed E-state index contributed by atoms with van der Waals surface area (Å²) < 4.78 is 19.2.